The van der Waals surface area contributed by atoms with E-state index < -0.39 is 41.3 Å². The van der Waals surface area contributed by atoms with Gasteiger partial charge in [-0.3, -0.25) is 34.0 Å². The maximum absolute atomic E-state index is 14.8. The van der Waals surface area contributed by atoms with Gasteiger partial charge in [0, 0.05) is 73.8 Å². The summed E-state index contributed by atoms with van der Waals surface area (Å²) in [4.78, 5) is 78.7. The lowest BCUT2D eigenvalue weighted by molar-refractivity contribution is -0.155. The number of amides is 4. The van der Waals surface area contributed by atoms with Crippen LogP contribution in [0.5, 0.6) is 0 Å². The molecule has 4 aliphatic rings. The van der Waals surface area contributed by atoms with Crippen molar-refractivity contribution in [3.8, 4) is 22.4 Å². The molecule has 4 amide bonds. The number of cyclic esters (lactones) is 1. The zero-order chi connectivity index (χ0) is 47.7. The number of nitrogens with one attached hydrogen (secondary N) is 2. The second kappa shape index (κ2) is 19.8. The number of carbonyl (C=O) groups is 5. The first-order valence-electron chi connectivity index (χ1n) is 24.1. The highest BCUT2D eigenvalue weighted by atomic mass is 16.5. The maximum atomic E-state index is 14.8. The molecule has 5 heterocycles. The smallest absolute Gasteiger partial charge is 0.324 e. The molecule has 0 unspecified atom stereocenters. The van der Waals surface area contributed by atoms with Crippen LogP contribution < -0.4 is 10.7 Å². The first-order chi connectivity index (χ1) is 32.1. The van der Waals surface area contributed by atoms with Crippen molar-refractivity contribution in [2.75, 3.05) is 33.4 Å². The van der Waals surface area contributed by atoms with Crippen molar-refractivity contribution in [3.05, 3.63) is 90.3 Å². The fraction of sp³-hybridized carbons (Fsp3) is 0.509. The number of rotatable bonds is 11. The summed E-state index contributed by atoms with van der Waals surface area (Å²) in [6.45, 7) is 17.7. The highest BCUT2D eigenvalue weighted by Crippen LogP contribution is 2.42. The van der Waals surface area contributed by atoms with Gasteiger partial charge in [0.1, 0.15) is 18.1 Å². The van der Waals surface area contributed by atoms with E-state index in [1.807, 2.05) is 39.0 Å². The third kappa shape index (κ3) is 9.92. The van der Waals surface area contributed by atoms with Crippen LogP contribution in [0.25, 0.3) is 33.3 Å². The summed E-state index contributed by atoms with van der Waals surface area (Å²) in [6, 6.07) is 15.9. The van der Waals surface area contributed by atoms with Crippen molar-refractivity contribution in [2.45, 2.75) is 123 Å². The van der Waals surface area contributed by atoms with E-state index >= 15 is 0 Å². The number of pyridine rings is 1. The Morgan fingerprint density at radius 1 is 1.03 bits per heavy atom. The highest BCUT2D eigenvalue weighted by molar-refractivity contribution is 5.96. The Balaban J connectivity index is 1.19. The highest BCUT2D eigenvalue weighted by Gasteiger charge is 2.46. The Morgan fingerprint density at radius 3 is 2.52 bits per heavy atom. The lowest BCUT2D eigenvalue weighted by Crippen LogP contribution is -2.62. The van der Waals surface area contributed by atoms with Gasteiger partial charge in [0.25, 0.3) is 5.91 Å². The summed E-state index contributed by atoms with van der Waals surface area (Å²) in [5.41, 5.74) is 10.5. The van der Waals surface area contributed by atoms with Gasteiger partial charge in [-0.2, -0.15) is 0 Å². The summed E-state index contributed by atoms with van der Waals surface area (Å²) in [7, 11) is 1.69. The second-order valence-corrected chi connectivity index (χ2v) is 20.0. The van der Waals surface area contributed by atoms with Gasteiger partial charge in [-0.15, -0.1) is 0 Å². The molecule has 0 spiro atoms. The molecule has 3 fully saturated rings. The molecule has 14 nitrogen and oxygen atoms in total. The van der Waals surface area contributed by atoms with Crippen LogP contribution in [-0.2, 0) is 52.8 Å². The molecule has 1 aliphatic carbocycles. The van der Waals surface area contributed by atoms with E-state index in [0.29, 0.717) is 45.3 Å². The quantitative estimate of drug-likeness (QED) is 0.122. The van der Waals surface area contributed by atoms with Crippen molar-refractivity contribution in [2.24, 2.45) is 17.3 Å². The van der Waals surface area contributed by atoms with Gasteiger partial charge in [0.15, 0.2) is 0 Å². The molecule has 1 saturated carbocycles. The Labute approximate surface area is 394 Å². The van der Waals surface area contributed by atoms with E-state index in [-0.39, 0.29) is 55.4 Å². The van der Waals surface area contributed by atoms with Gasteiger partial charge in [0.2, 0.25) is 17.7 Å². The molecule has 356 valence electrons. The van der Waals surface area contributed by atoms with E-state index in [2.05, 4.69) is 79.1 Å². The van der Waals surface area contributed by atoms with Gasteiger partial charge in [-0.25, -0.2) is 5.43 Å². The molecule has 5 atom stereocenters. The number of benzene rings is 2. The van der Waals surface area contributed by atoms with Crippen LogP contribution in [0.2, 0.25) is 0 Å². The number of hydrogen-bond donors (Lipinski definition) is 2. The number of likely N-dealkylation sites (tertiary alicyclic amines) is 1. The molecule has 2 aromatic carbocycles. The van der Waals surface area contributed by atoms with Crippen LogP contribution >= 0.6 is 0 Å². The summed E-state index contributed by atoms with van der Waals surface area (Å²) >= 11 is 0. The zero-order valence-corrected chi connectivity index (χ0v) is 40.2. The van der Waals surface area contributed by atoms with Crippen molar-refractivity contribution >= 4 is 40.5 Å². The van der Waals surface area contributed by atoms with Gasteiger partial charge < -0.3 is 29.2 Å². The minimum absolute atomic E-state index is 0.100. The van der Waals surface area contributed by atoms with E-state index in [9.17, 15) is 24.0 Å². The van der Waals surface area contributed by atoms with Crippen LogP contribution in [0.4, 0.5) is 0 Å². The summed E-state index contributed by atoms with van der Waals surface area (Å²) in [5.74, 6) is -2.31. The number of hydrazine groups is 1. The summed E-state index contributed by atoms with van der Waals surface area (Å²) in [5, 5.41) is 5.68. The number of aryl methyl sites for hydroxylation is 1. The molecule has 2 N–H and O–H groups in total. The lowest BCUT2D eigenvalue weighted by atomic mass is 9.84. The SMILES string of the molecule is C=CC(=O)N1CC[C@H](C(=O)N(C2CC2)[C@H](C(=O)N[C@H]2Cc3cccc(c3)-c3ccc4c(c3)c(c(-c3cccnc3[C@H](C)OC)n4CC)CC(C)(C)COC(=O)[C@@H]3CCCN(N3)C2=O)C(C)C)C1. The predicted molar refractivity (Wildman–Crippen MR) is 257 cm³/mol. The number of nitrogens with zero attached hydrogens (tertiary/aromatic N) is 5. The Kier molecular flexibility index (Phi) is 14.1. The van der Waals surface area contributed by atoms with Crippen LogP contribution in [0.15, 0.2) is 73.4 Å². The average Bonchev–Trinajstić information content (AvgIpc) is 3.96. The molecule has 6 bridgehead atoms. The zero-order valence-electron chi connectivity index (χ0n) is 40.2. The number of aromatic nitrogens is 2. The van der Waals surface area contributed by atoms with Crippen molar-refractivity contribution < 1.29 is 33.4 Å². The largest absolute Gasteiger partial charge is 0.464 e. The first kappa shape index (κ1) is 47.6. The van der Waals surface area contributed by atoms with Crippen molar-refractivity contribution in [1.82, 2.24) is 35.1 Å². The van der Waals surface area contributed by atoms with Gasteiger partial charge in [-0.05, 0) is 111 Å². The molecule has 3 aliphatic heterocycles. The van der Waals surface area contributed by atoms with E-state index in [1.54, 1.807) is 23.1 Å². The van der Waals surface area contributed by atoms with Gasteiger partial charge in [-0.1, -0.05) is 64.6 Å². The number of carbonyl (C=O) groups excluding carboxylic acids is 5. The Bertz CT molecular complexity index is 2540. The van der Waals surface area contributed by atoms with Gasteiger partial charge in [0.05, 0.1) is 30.0 Å². The molecular weight excluding hydrogens is 847 g/mol. The normalized spacial score (nSPS) is 21.9. The average molecular weight is 914 g/mol. The third-order valence-corrected chi connectivity index (χ3v) is 14.0. The number of ether oxygens (including phenoxy) is 2. The molecule has 8 rings (SSSR count). The molecule has 2 aromatic heterocycles. The van der Waals surface area contributed by atoms with Crippen LogP contribution in [0.3, 0.4) is 0 Å². The fourth-order valence-electron chi connectivity index (χ4n) is 10.4. The predicted octanol–water partition coefficient (Wildman–Crippen LogP) is 6.80. The monoisotopic (exact) mass is 914 g/mol. The minimum Gasteiger partial charge on any atom is -0.464 e. The minimum atomic E-state index is -1.04. The number of methoxy groups -OCH3 is 1. The summed E-state index contributed by atoms with van der Waals surface area (Å²) in [6.07, 6.45) is 6.66. The Morgan fingerprint density at radius 2 is 1.81 bits per heavy atom. The molecule has 0 radical (unpaired) electrons. The number of hydrogen-bond acceptors (Lipinski definition) is 9. The van der Waals surface area contributed by atoms with Crippen molar-refractivity contribution in [3.63, 3.8) is 0 Å². The molecule has 14 heteroatoms. The summed E-state index contributed by atoms with van der Waals surface area (Å²) < 4.78 is 14.3. The lowest BCUT2D eigenvalue weighted by Gasteiger charge is -2.38. The molecule has 67 heavy (non-hydrogen) atoms. The van der Waals surface area contributed by atoms with Crippen LogP contribution in [0.1, 0.15) is 96.6 Å². The molecule has 2 saturated heterocycles. The van der Waals surface area contributed by atoms with E-state index in [0.717, 1.165) is 62.9 Å². The van der Waals surface area contributed by atoms with Crippen LogP contribution in [-0.4, -0.2) is 111 Å². The topological polar surface area (TPSA) is 155 Å². The standard InChI is InChI=1S/C53H67N7O7/c1-9-45(61)57-25-22-37(30-57)50(63)60(38-19-20-38)47(32(3)4)49(62)55-43-27-34-14-11-15-35(26-34)36-18-21-44-40(28-36)41(48(58(44)10-2)39-16-12-23-54-46(39)33(5)66-8)29-53(6,7)31-67-52(65)42-17-13-24-59(56-42)51(43)64/h9,11-12,14-16,18,21,23,26,28,32-33,37-38,42-43,47,56H,1,10,13,17,19-20,22,24-25,27,29-31H2,2-8H3,(H,55,62)/t33-,37-,42-,43-,47-/m0/s1. The molecule has 4 aromatic rings. The van der Waals surface area contributed by atoms with Crippen molar-refractivity contribution in [1.29, 1.82) is 0 Å². The van der Waals surface area contributed by atoms with E-state index in [1.165, 1.54) is 11.1 Å². The van der Waals surface area contributed by atoms with E-state index in [4.69, 9.17) is 14.5 Å². The maximum Gasteiger partial charge on any atom is 0.324 e. The number of esters is 1. The molecular formula is C53H67N7O7. The van der Waals surface area contributed by atoms with Crippen LogP contribution in [0, 0.1) is 17.3 Å². The second-order valence-electron chi connectivity index (χ2n) is 20.0. The Hall–Kier alpha value is -5.86. The third-order valence-electron chi connectivity index (χ3n) is 14.0. The van der Waals surface area contributed by atoms with Gasteiger partial charge >= 0.3 is 5.97 Å². The first-order valence-corrected chi connectivity index (χ1v) is 24.1. The number of fused-ring (bicyclic) bond motifs is 6. The fourth-order valence-corrected chi connectivity index (χ4v) is 10.4.